The molecule has 0 amide bonds. The molecule has 0 fully saturated rings. The Hall–Kier alpha value is -0.860. The van der Waals surface area contributed by atoms with Crippen LogP contribution in [-0.4, -0.2) is 16.7 Å². The topological polar surface area (TPSA) is 46.2 Å². The zero-order valence-electron chi connectivity index (χ0n) is 8.53. The summed E-state index contributed by atoms with van der Waals surface area (Å²) in [7, 11) is 0. The summed E-state index contributed by atoms with van der Waals surface area (Å²) in [5, 5.41) is 10.4. The number of rotatable bonds is 2. The maximum atomic E-state index is 10.4. The van der Waals surface area contributed by atoms with Crippen LogP contribution in [-0.2, 0) is 12.8 Å². The van der Waals surface area contributed by atoms with E-state index in [4.69, 9.17) is 5.73 Å². The fraction of sp³-hybridized carbons (Fsp3) is 0.500. The van der Waals surface area contributed by atoms with Crippen LogP contribution in [0.5, 0.6) is 0 Å². The van der Waals surface area contributed by atoms with Gasteiger partial charge in [-0.3, -0.25) is 0 Å². The van der Waals surface area contributed by atoms with Crippen LogP contribution >= 0.6 is 0 Å². The number of fused-ring (bicyclic) bond motifs is 1. The lowest BCUT2D eigenvalue weighted by Crippen LogP contribution is -2.48. The minimum atomic E-state index is -0.710. The summed E-state index contributed by atoms with van der Waals surface area (Å²) in [5.41, 5.74) is 7.73. The molecule has 1 aromatic rings. The fourth-order valence-electron chi connectivity index (χ4n) is 2.27. The molecule has 14 heavy (non-hydrogen) atoms. The van der Waals surface area contributed by atoms with E-state index in [2.05, 4.69) is 12.1 Å². The molecule has 1 aliphatic carbocycles. The molecule has 1 atom stereocenters. The van der Waals surface area contributed by atoms with Crippen LogP contribution in [0.1, 0.15) is 24.5 Å². The quantitative estimate of drug-likeness (QED) is 0.739. The van der Waals surface area contributed by atoms with Gasteiger partial charge in [-0.25, -0.2) is 0 Å². The molecule has 2 rings (SSSR count). The third-order valence-electron chi connectivity index (χ3n) is 3.24. The molecule has 76 valence electrons. The minimum Gasteiger partial charge on any atom is -0.388 e. The van der Waals surface area contributed by atoms with Crippen LogP contribution < -0.4 is 5.73 Å². The first-order valence-corrected chi connectivity index (χ1v) is 5.20. The Labute approximate surface area is 84.7 Å². The van der Waals surface area contributed by atoms with E-state index < -0.39 is 5.60 Å². The summed E-state index contributed by atoms with van der Waals surface area (Å²) < 4.78 is 0. The molecule has 0 aliphatic heterocycles. The predicted molar refractivity (Wildman–Crippen MR) is 57.1 cm³/mol. The smallest absolute Gasteiger partial charge is 0.0878 e. The second-order valence-corrected chi connectivity index (χ2v) is 4.24. The van der Waals surface area contributed by atoms with E-state index >= 15 is 0 Å². The number of benzene rings is 1. The molecule has 0 radical (unpaired) electrons. The molecular weight excluding hydrogens is 174 g/mol. The molecule has 3 N–H and O–H groups in total. The van der Waals surface area contributed by atoms with Gasteiger partial charge in [-0.05, 0) is 17.5 Å². The van der Waals surface area contributed by atoms with Gasteiger partial charge in [-0.2, -0.15) is 0 Å². The number of hydrogen-bond acceptors (Lipinski definition) is 2. The summed E-state index contributed by atoms with van der Waals surface area (Å²) >= 11 is 0. The van der Waals surface area contributed by atoms with E-state index in [1.54, 1.807) is 0 Å². The van der Waals surface area contributed by atoms with Crippen molar-refractivity contribution in [1.29, 1.82) is 0 Å². The molecule has 1 aliphatic rings. The Bertz CT molecular complexity index is 310. The first-order valence-electron chi connectivity index (χ1n) is 5.20. The average molecular weight is 191 g/mol. The summed E-state index contributed by atoms with van der Waals surface area (Å²) in [6, 6.07) is 8.07. The van der Waals surface area contributed by atoms with Crippen molar-refractivity contribution < 1.29 is 5.11 Å². The fourth-order valence-corrected chi connectivity index (χ4v) is 2.27. The van der Waals surface area contributed by atoms with Gasteiger partial charge in [-0.15, -0.1) is 0 Å². The van der Waals surface area contributed by atoms with Crippen molar-refractivity contribution in [3.8, 4) is 0 Å². The third kappa shape index (κ3) is 1.45. The van der Waals surface area contributed by atoms with Gasteiger partial charge in [-0.1, -0.05) is 31.2 Å². The van der Waals surface area contributed by atoms with Crippen LogP contribution in [0.15, 0.2) is 24.3 Å². The Kier molecular flexibility index (Phi) is 2.33. The van der Waals surface area contributed by atoms with Gasteiger partial charge in [0.25, 0.3) is 0 Å². The van der Waals surface area contributed by atoms with Crippen molar-refractivity contribution in [3.05, 3.63) is 35.4 Å². The number of hydrogen-bond donors (Lipinski definition) is 2. The van der Waals surface area contributed by atoms with E-state index in [0.29, 0.717) is 12.8 Å². The van der Waals surface area contributed by atoms with E-state index in [1.165, 1.54) is 11.1 Å². The lowest BCUT2D eigenvalue weighted by molar-refractivity contribution is 0.0232. The molecule has 0 heterocycles. The monoisotopic (exact) mass is 191 g/mol. The summed E-state index contributed by atoms with van der Waals surface area (Å²) in [6.45, 7) is 2.02. The Balaban J connectivity index is 2.25. The summed E-state index contributed by atoms with van der Waals surface area (Å²) in [6.07, 6.45) is 2.24. The zero-order chi connectivity index (χ0) is 10.2. The maximum Gasteiger partial charge on any atom is 0.0878 e. The van der Waals surface area contributed by atoms with Gasteiger partial charge in [0, 0.05) is 18.9 Å². The third-order valence-corrected chi connectivity index (χ3v) is 3.24. The Morgan fingerprint density at radius 3 is 2.29 bits per heavy atom. The molecule has 0 spiro atoms. The van der Waals surface area contributed by atoms with Crippen LogP contribution in [0, 0.1) is 0 Å². The molecular formula is C12H17NO. The minimum absolute atomic E-state index is 0.116. The zero-order valence-corrected chi connectivity index (χ0v) is 8.53. The van der Waals surface area contributed by atoms with Gasteiger partial charge < -0.3 is 10.8 Å². The van der Waals surface area contributed by atoms with Crippen molar-refractivity contribution in [3.63, 3.8) is 0 Å². The molecule has 1 aromatic carbocycles. The normalized spacial score (nSPS) is 20.5. The van der Waals surface area contributed by atoms with Crippen LogP contribution in [0.25, 0.3) is 0 Å². The number of nitrogens with two attached hydrogens (primary N) is 1. The van der Waals surface area contributed by atoms with Gasteiger partial charge in [0.1, 0.15) is 0 Å². The summed E-state index contributed by atoms with van der Waals surface area (Å²) in [5.74, 6) is 0. The Morgan fingerprint density at radius 2 is 1.86 bits per heavy atom. The lowest BCUT2D eigenvalue weighted by atomic mass is 9.90. The van der Waals surface area contributed by atoms with Crippen LogP contribution in [0.3, 0.4) is 0 Å². The largest absolute Gasteiger partial charge is 0.388 e. The van der Waals surface area contributed by atoms with Gasteiger partial charge in [0.15, 0.2) is 0 Å². The second-order valence-electron chi connectivity index (χ2n) is 4.24. The first-order chi connectivity index (χ1) is 6.65. The molecule has 0 saturated carbocycles. The highest BCUT2D eigenvalue weighted by molar-refractivity contribution is 5.36. The van der Waals surface area contributed by atoms with E-state index in [1.807, 2.05) is 19.1 Å². The molecule has 0 unspecified atom stereocenters. The lowest BCUT2D eigenvalue weighted by Gasteiger charge is -2.28. The van der Waals surface area contributed by atoms with Gasteiger partial charge >= 0.3 is 0 Å². The maximum absolute atomic E-state index is 10.4. The second kappa shape index (κ2) is 3.37. The van der Waals surface area contributed by atoms with Crippen molar-refractivity contribution in [2.45, 2.75) is 37.8 Å². The highest BCUT2D eigenvalue weighted by atomic mass is 16.3. The Morgan fingerprint density at radius 1 is 1.36 bits per heavy atom. The highest BCUT2D eigenvalue weighted by Crippen LogP contribution is 2.32. The van der Waals surface area contributed by atoms with Crippen LogP contribution in [0.2, 0.25) is 0 Å². The van der Waals surface area contributed by atoms with E-state index in [-0.39, 0.29) is 6.04 Å². The molecule has 0 aromatic heterocycles. The SMILES string of the molecule is CC[C@@H](N)C1(O)Cc2ccccc2C1. The molecule has 0 bridgehead atoms. The summed E-state index contributed by atoms with van der Waals surface area (Å²) in [4.78, 5) is 0. The predicted octanol–water partition coefficient (Wildman–Crippen LogP) is 1.25. The van der Waals surface area contributed by atoms with Crippen molar-refractivity contribution in [1.82, 2.24) is 0 Å². The standard InChI is InChI=1S/C12H17NO/c1-2-11(13)12(14)7-9-5-3-4-6-10(9)8-12/h3-6,11,14H,2,7-8,13H2,1H3/t11-/m1/s1. The van der Waals surface area contributed by atoms with Crippen molar-refractivity contribution >= 4 is 0 Å². The van der Waals surface area contributed by atoms with Crippen molar-refractivity contribution in [2.24, 2.45) is 5.73 Å². The average Bonchev–Trinajstić information content (AvgIpc) is 2.54. The van der Waals surface area contributed by atoms with E-state index in [0.717, 1.165) is 6.42 Å². The molecule has 2 nitrogen and oxygen atoms in total. The van der Waals surface area contributed by atoms with Gasteiger partial charge in [0.2, 0.25) is 0 Å². The van der Waals surface area contributed by atoms with Crippen molar-refractivity contribution in [2.75, 3.05) is 0 Å². The highest BCUT2D eigenvalue weighted by Gasteiger charge is 2.39. The number of aliphatic hydroxyl groups is 1. The molecule has 0 saturated heterocycles. The van der Waals surface area contributed by atoms with Gasteiger partial charge in [0.05, 0.1) is 5.60 Å². The first kappa shape index (κ1) is 9.69. The van der Waals surface area contributed by atoms with E-state index in [9.17, 15) is 5.11 Å². The van der Waals surface area contributed by atoms with Crippen LogP contribution in [0.4, 0.5) is 0 Å². The molecule has 2 heteroatoms.